The Morgan fingerprint density at radius 1 is 1.19 bits per heavy atom. The lowest BCUT2D eigenvalue weighted by Crippen LogP contribution is -2.28. The van der Waals surface area contributed by atoms with Gasteiger partial charge in [-0.3, -0.25) is 14.7 Å². The summed E-state index contributed by atoms with van der Waals surface area (Å²) in [5, 5.41) is 6.06. The third-order valence-corrected chi connectivity index (χ3v) is 5.35. The minimum absolute atomic E-state index is 0.139. The first-order valence-electron chi connectivity index (χ1n) is 10.1. The van der Waals surface area contributed by atoms with E-state index in [-0.39, 0.29) is 35.3 Å². The van der Waals surface area contributed by atoms with Gasteiger partial charge in [-0.15, -0.1) is 0 Å². The number of halogens is 1. The second kappa shape index (κ2) is 8.59. The summed E-state index contributed by atoms with van der Waals surface area (Å²) in [6.07, 6.45) is 1.12. The standard InChI is InChI=1S/C23H23FN4O3/c1-14-17(10-11-20(29)25-13-12-15-6-8-16(31-2)9-7-15)23(30)28-22(26-14)21-18(24)4-3-5-19(21)27-28/h3-9,27H,10-13H2,1-2H3,(H,25,29). The Hall–Kier alpha value is -3.68. The van der Waals surface area contributed by atoms with Gasteiger partial charge in [-0.05, 0) is 49.6 Å². The summed E-state index contributed by atoms with van der Waals surface area (Å²) in [5.74, 6) is 0.212. The highest BCUT2D eigenvalue weighted by Crippen LogP contribution is 2.21. The van der Waals surface area contributed by atoms with Crippen molar-refractivity contribution in [2.24, 2.45) is 0 Å². The van der Waals surface area contributed by atoms with E-state index in [9.17, 15) is 14.0 Å². The van der Waals surface area contributed by atoms with E-state index in [4.69, 9.17) is 4.74 Å². The van der Waals surface area contributed by atoms with Crippen LogP contribution >= 0.6 is 0 Å². The molecule has 0 saturated carbocycles. The molecule has 0 fully saturated rings. The Bertz CT molecular complexity index is 1310. The molecule has 7 nitrogen and oxygen atoms in total. The molecule has 0 aliphatic carbocycles. The molecule has 2 N–H and O–H groups in total. The van der Waals surface area contributed by atoms with Crippen LogP contribution in [0.1, 0.15) is 23.2 Å². The number of nitrogens with zero attached hydrogens (tertiary/aromatic N) is 2. The Morgan fingerprint density at radius 2 is 1.97 bits per heavy atom. The van der Waals surface area contributed by atoms with Crippen molar-refractivity contribution in [1.82, 2.24) is 19.9 Å². The minimum Gasteiger partial charge on any atom is -0.497 e. The van der Waals surface area contributed by atoms with Gasteiger partial charge in [0.1, 0.15) is 11.6 Å². The molecule has 0 unspecified atom stereocenters. The molecule has 0 radical (unpaired) electrons. The molecule has 4 rings (SSSR count). The Morgan fingerprint density at radius 3 is 2.71 bits per heavy atom. The summed E-state index contributed by atoms with van der Waals surface area (Å²) in [5.41, 5.74) is 2.47. The number of aromatic amines is 1. The van der Waals surface area contributed by atoms with Crippen molar-refractivity contribution in [1.29, 1.82) is 0 Å². The number of benzene rings is 2. The van der Waals surface area contributed by atoms with E-state index in [1.807, 2.05) is 24.3 Å². The summed E-state index contributed by atoms with van der Waals surface area (Å²) in [6, 6.07) is 12.3. The highest BCUT2D eigenvalue weighted by molar-refractivity contribution is 5.92. The molecule has 0 bridgehead atoms. The first kappa shape index (κ1) is 20.6. The first-order chi connectivity index (χ1) is 15.0. The summed E-state index contributed by atoms with van der Waals surface area (Å²) >= 11 is 0. The Labute approximate surface area is 177 Å². The number of carbonyl (C=O) groups is 1. The molecule has 2 aromatic carbocycles. The molecule has 2 heterocycles. The number of nitrogens with one attached hydrogen (secondary N) is 2. The number of H-pyrrole nitrogens is 1. The van der Waals surface area contributed by atoms with E-state index in [0.717, 1.165) is 11.3 Å². The van der Waals surface area contributed by atoms with Gasteiger partial charge in [-0.2, -0.15) is 0 Å². The molecule has 0 atom stereocenters. The zero-order chi connectivity index (χ0) is 22.0. The zero-order valence-corrected chi connectivity index (χ0v) is 17.4. The third-order valence-electron chi connectivity index (χ3n) is 5.35. The van der Waals surface area contributed by atoms with Gasteiger partial charge in [0.2, 0.25) is 5.91 Å². The van der Waals surface area contributed by atoms with Crippen molar-refractivity contribution in [2.75, 3.05) is 13.7 Å². The summed E-state index contributed by atoms with van der Waals surface area (Å²) in [7, 11) is 1.62. The third kappa shape index (κ3) is 4.14. The largest absolute Gasteiger partial charge is 0.497 e. The summed E-state index contributed by atoms with van der Waals surface area (Å²) in [4.78, 5) is 29.6. The van der Waals surface area contributed by atoms with Gasteiger partial charge in [0.05, 0.1) is 18.0 Å². The lowest BCUT2D eigenvalue weighted by atomic mass is 10.1. The molecule has 0 saturated heterocycles. The van der Waals surface area contributed by atoms with Crippen LogP contribution in [-0.2, 0) is 17.6 Å². The number of rotatable bonds is 7. The van der Waals surface area contributed by atoms with Gasteiger partial charge in [0.25, 0.3) is 5.56 Å². The lowest BCUT2D eigenvalue weighted by Gasteiger charge is -2.08. The number of hydrogen-bond acceptors (Lipinski definition) is 4. The topological polar surface area (TPSA) is 88.5 Å². The van der Waals surface area contributed by atoms with Crippen molar-refractivity contribution >= 4 is 22.5 Å². The van der Waals surface area contributed by atoms with Gasteiger partial charge in [-0.1, -0.05) is 18.2 Å². The van der Waals surface area contributed by atoms with Gasteiger partial charge < -0.3 is 10.1 Å². The molecule has 0 aliphatic heterocycles. The van der Waals surface area contributed by atoms with Gasteiger partial charge in [0.15, 0.2) is 5.65 Å². The van der Waals surface area contributed by atoms with E-state index in [1.54, 1.807) is 26.2 Å². The van der Waals surface area contributed by atoms with Crippen LogP contribution in [0.15, 0.2) is 47.3 Å². The maximum Gasteiger partial charge on any atom is 0.276 e. The second-order valence-corrected chi connectivity index (χ2v) is 7.36. The van der Waals surface area contributed by atoms with Gasteiger partial charge in [0, 0.05) is 24.2 Å². The van der Waals surface area contributed by atoms with Gasteiger partial charge >= 0.3 is 0 Å². The van der Waals surface area contributed by atoms with E-state index < -0.39 is 5.82 Å². The fourth-order valence-electron chi connectivity index (χ4n) is 3.65. The second-order valence-electron chi connectivity index (χ2n) is 7.36. The molecule has 8 heteroatoms. The van der Waals surface area contributed by atoms with Gasteiger partial charge in [-0.25, -0.2) is 13.9 Å². The smallest absolute Gasteiger partial charge is 0.276 e. The predicted octanol–water partition coefficient (Wildman–Crippen LogP) is 2.92. The van der Waals surface area contributed by atoms with Crippen LogP contribution in [0, 0.1) is 12.7 Å². The van der Waals surface area contributed by atoms with Crippen molar-refractivity contribution < 1.29 is 13.9 Å². The van der Waals surface area contributed by atoms with Crippen LogP contribution in [0.4, 0.5) is 4.39 Å². The number of fused-ring (bicyclic) bond motifs is 3. The average Bonchev–Trinajstić information content (AvgIpc) is 3.14. The molecular weight excluding hydrogens is 399 g/mol. The quantitative estimate of drug-likeness (QED) is 0.479. The number of hydrogen-bond donors (Lipinski definition) is 2. The van der Waals surface area contributed by atoms with E-state index in [0.29, 0.717) is 29.7 Å². The molecule has 160 valence electrons. The van der Waals surface area contributed by atoms with Crippen LogP contribution in [0.25, 0.3) is 16.6 Å². The number of carbonyl (C=O) groups excluding carboxylic acids is 1. The highest BCUT2D eigenvalue weighted by Gasteiger charge is 2.17. The Balaban J connectivity index is 1.42. The van der Waals surface area contributed by atoms with Crippen LogP contribution < -0.4 is 15.6 Å². The van der Waals surface area contributed by atoms with E-state index in [2.05, 4.69) is 15.4 Å². The number of aromatic nitrogens is 3. The minimum atomic E-state index is -0.438. The predicted molar refractivity (Wildman–Crippen MR) is 116 cm³/mol. The lowest BCUT2D eigenvalue weighted by molar-refractivity contribution is -0.121. The van der Waals surface area contributed by atoms with Crippen molar-refractivity contribution in [3.8, 4) is 5.75 Å². The molecular formula is C23H23FN4O3. The normalized spacial score (nSPS) is 11.2. The van der Waals surface area contributed by atoms with Crippen LogP contribution in [0.5, 0.6) is 5.75 Å². The maximum atomic E-state index is 14.2. The molecule has 0 spiro atoms. The number of ether oxygens (including phenoxy) is 1. The first-order valence-corrected chi connectivity index (χ1v) is 10.1. The highest BCUT2D eigenvalue weighted by atomic mass is 19.1. The number of amides is 1. The SMILES string of the molecule is COc1ccc(CCNC(=O)CCc2c(C)nc3c4c(F)cccc4[nH]n3c2=O)cc1. The fourth-order valence-corrected chi connectivity index (χ4v) is 3.65. The van der Waals surface area contributed by atoms with Crippen molar-refractivity contribution in [3.05, 3.63) is 75.5 Å². The number of aryl methyl sites for hydroxylation is 1. The molecule has 1 amide bonds. The average molecular weight is 422 g/mol. The van der Waals surface area contributed by atoms with E-state index >= 15 is 0 Å². The van der Waals surface area contributed by atoms with Crippen LogP contribution in [0.3, 0.4) is 0 Å². The summed E-state index contributed by atoms with van der Waals surface area (Å²) < 4.78 is 20.6. The molecule has 2 aromatic heterocycles. The molecule has 4 aromatic rings. The van der Waals surface area contributed by atoms with Crippen molar-refractivity contribution in [2.45, 2.75) is 26.2 Å². The fraction of sp³-hybridized carbons (Fsp3) is 0.261. The monoisotopic (exact) mass is 422 g/mol. The number of methoxy groups -OCH3 is 1. The van der Waals surface area contributed by atoms with Crippen LogP contribution in [-0.4, -0.2) is 34.2 Å². The molecule has 31 heavy (non-hydrogen) atoms. The zero-order valence-electron chi connectivity index (χ0n) is 17.4. The Kier molecular flexibility index (Phi) is 5.70. The van der Waals surface area contributed by atoms with Crippen LogP contribution in [0.2, 0.25) is 0 Å². The van der Waals surface area contributed by atoms with Crippen molar-refractivity contribution in [3.63, 3.8) is 0 Å². The molecule has 0 aliphatic rings. The van der Waals surface area contributed by atoms with E-state index in [1.165, 1.54) is 10.6 Å². The maximum absolute atomic E-state index is 14.2. The summed E-state index contributed by atoms with van der Waals surface area (Å²) in [6.45, 7) is 2.21.